The molecule has 0 amide bonds. The maximum Gasteiger partial charge on any atom is 0.259 e. The number of nitrogens with zero attached hydrogens (tertiary/aromatic N) is 1. The number of benzene rings is 1. The summed E-state index contributed by atoms with van der Waals surface area (Å²) in [6.07, 6.45) is 0. The molecule has 24 heavy (non-hydrogen) atoms. The molecule has 0 aliphatic heterocycles. The summed E-state index contributed by atoms with van der Waals surface area (Å²) in [5.74, 6) is 3.49. The van der Waals surface area contributed by atoms with Crippen molar-refractivity contribution in [1.82, 2.24) is 9.97 Å². The van der Waals surface area contributed by atoms with Crippen LogP contribution >= 0.6 is 46.5 Å². The van der Waals surface area contributed by atoms with Gasteiger partial charge in [-0.25, -0.2) is 4.98 Å². The topological polar surface area (TPSA) is 45.8 Å². The van der Waals surface area contributed by atoms with E-state index in [1.165, 1.54) is 4.90 Å². The van der Waals surface area contributed by atoms with Gasteiger partial charge in [-0.2, -0.15) is 11.8 Å². The van der Waals surface area contributed by atoms with Crippen LogP contribution in [-0.2, 0) is 5.75 Å². The number of aromatic amines is 1. The van der Waals surface area contributed by atoms with Crippen LogP contribution in [0.4, 0.5) is 0 Å². The van der Waals surface area contributed by atoms with E-state index in [0.29, 0.717) is 0 Å². The Kier molecular flexibility index (Phi) is 5.92. The number of aryl methyl sites for hydroxylation is 2. The molecule has 1 N–H and O–H groups in total. The summed E-state index contributed by atoms with van der Waals surface area (Å²) < 4.78 is 0. The van der Waals surface area contributed by atoms with E-state index >= 15 is 0 Å². The average molecular weight is 397 g/mol. The van der Waals surface area contributed by atoms with Crippen molar-refractivity contribution in [1.29, 1.82) is 0 Å². The van der Waals surface area contributed by atoms with Crippen LogP contribution < -0.4 is 5.56 Å². The van der Waals surface area contributed by atoms with E-state index in [2.05, 4.69) is 9.97 Å². The van der Waals surface area contributed by atoms with E-state index in [9.17, 15) is 4.79 Å². The molecule has 0 aliphatic rings. The van der Waals surface area contributed by atoms with Crippen molar-refractivity contribution in [3.05, 3.63) is 55.9 Å². The van der Waals surface area contributed by atoms with Crippen molar-refractivity contribution in [2.75, 3.05) is 11.5 Å². The predicted molar refractivity (Wildman–Crippen MR) is 108 cm³/mol. The van der Waals surface area contributed by atoms with Crippen molar-refractivity contribution in [3.8, 4) is 0 Å². The van der Waals surface area contributed by atoms with Gasteiger partial charge in [0.05, 0.1) is 11.1 Å². The van der Waals surface area contributed by atoms with Crippen LogP contribution in [0.5, 0.6) is 0 Å². The molecule has 3 nitrogen and oxygen atoms in total. The third kappa shape index (κ3) is 4.17. The number of thioether (sulfide) groups is 2. The van der Waals surface area contributed by atoms with Gasteiger partial charge in [-0.15, -0.1) is 23.1 Å². The minimum Gasteiger partial charge on any atom is -0.309 e. The molecule has 2 heterocycles. The number of fused-ring (bicyclic) bond motifs is 1. The second-order valence-electron chi connectivity index (χ2n) is 5.33. The molecule has 126 valence electrons. The highest BCUT2D eigenvalue weighted by atomic mass is 35.5. The van der Waals surface area contributed by atoms with Gasteiger partial charge in [0, 0.05) is 26.3 Å². The minimum absolute atomic E-state index is 0.0204. The molecule has 3 rings (SSSR count). The lowest BCUT2D eigenvalue weighted by molar-refractivity contribution is 1.04. The second kappa shape index (κ2) is 7.95. The Hall–Kier alpha value is -0.950. The van der Waals surface area contributed by atoms with Crippen LogP contribution in [-0.4, -0.2) is 21.5 Å². The SMILES string of the molecule is Cc1sc2nc(CSCCSc3ccc(Cl)cc3)[nH]c(=O)c2c1C. The van der Waals surface area contributed by atoms with E-state index in [-0.39, 0.29) is 5.56 Å². The maximum absolute atomic E-state index is 12.2. The van der Waals surface area contributed by atoms with Crippen molar-refractivity contribution >= 4 is 56.7 Å². The lowest BCUT2D eigenvalue weighted by atomic mass is 10.2. The first-order chi connectivity index (χ1) is 11.5. The summed E-state index contributed by atoms with van der Waals surface area (Å²) in [4.78, 5) is 23.0. The highest BCUT2D eigenvalue weighted by Gasteiger charge is 2.11. The number of H-pyrrole nitrogens is 1. The molecule has 0 unspecified atom stereocenters. The first-order valence-electron chi connectivity index (χ1n) is 7.49. The van der Waals surface area contributed by atoms with Crippen LogP contribution in [0, 0.1) is 13.8 Å². The summed E-state index contributed by atoms with van der Waals surface area (Å²) in [5, 5.41) is 1.50. The quantitative estimate of drug-likeness (QED) is 0.454. The molecule has 0 saturated carbocycles. The summed E-state index contributed by atoms with van der Waals surface area (Å²) in [6.45, 7) is 4.01. The molecule has 0 radical (unpaired) electrons. The Balaban J connectivity index is 1.54. The third-order valence-electron chi connectivity index (χ3n) is 3.64. The largest absolute Gasteiger partial charge is 0.309 e. The van der Waals surface area contributed by atoms with Crippen molar-refractivity contribution in [3.63, 3.8) is 0 Å². The Morgan fingerprint density at radius 2 is 1.96 bits per heavy atom. The van der Waals surface area contributed by atoms with Gasteiger partial charge < -0.3 is 4.98 Å². The van der Waals surface area contributed by atoms with Crippen LogP contribution in [0.2, 0.25) is 5.02 Å². The summed E-state index contributed by atoms with van der Waals surface area (Å²) >= 11 is 11.1. The smallest absolute Gasteiger partial charge is 0.259 e. The normalized spacial score (nSPS) is 11.3. The molecular formula is C17H17ClN2OS3. The molecular weight excluding hydrogens is 380 g/mol. The van der Waals surface area contributed by atoms with Crippen molar-refractivity contribution in [2.45, 2.75) is 24.5 Å². The lowest BCUT2D eigenvalue weighted by Gasteiger charge is -2.03. The Morgan fingerprint density at radius 1 is 1.21 bits per heavy atom. The predicted octanol–water partition coefficient (Wildman–Crippen LogP) is 5.28. The number of halogens is 1. The van der Waals surface area contributed by atoms with Gasteiger partial charge in [-0.1, -0.05) is 11.6 Å². The molecule has 0 aliphatic carbocycles. The molecule has 1 aromatic carbocycles. The fourth-order valence-electron chi connectivity index (χ4n) is 2.29. The zero-order valence-electron chi connectivity index (χ0n) is 13.4. The maximum atomic E-state index is 12.2. The number of thiophene rings is 1. The van der Waals surface area contributed by atoms with Crippen molar-refractivity contribution < 1.29 is 0 Å². The highest BCUT2D eigenvalue weighted by molar-refractivity contribution is 8.02. The average Bonchev–Trinajstić information content (AvgIpc) is 2.84. The van der Waals surface area contributed by atoms with Crippen LogP contribution in [0.1, 0.15) is 16.3 Å². The number of hydrogen-bond acceptors (Lipinski definition) is 5. The Bertz CT molecular complexity index is 903. The van der Waals surface area contributed by atoms with Gasteiger partial charge in [-0.05, 0) is 43.7 Å². The molecule has 0 spiro atoms. The zero-order valence-corrected chi connectivity index (χ0v) is 16.6. The monoisotopic (exact) mass is 396 g/mol. The highest BCUT2D eigenvalue weighted by Crippen LogP contribution is 2.26. The minimum atomic E-state index is -0.0204. The third-order valence-corrected chi connectivity index (χ3v) is 7.23. The number of nitrogens with one attached hydrogen (secondary N) is 1. The number of hydrogen-bond donors (Lipinski definition) is 1. The zero-order chi connectivity index (χ0) is 17.1. The van der Waals surface area contributed by atoms with Gasteiger partial charge in [0.2, 0.25) is 0 Å². The first kappa shape index (κ1) is 17.9. The van der Waals surface area contributed by atoms with Crippen LogP contribution in [0.15, 0.2) is 34.0 Å². The molecule has 0 bridgehead atoms. The van der Waals surface area contributed by atoms with Gasteiger partial charge >= 0.3 is 0 Å². The van der Waals surface area contributed by atoms with Gasteiger partial charge in [0.25, 0.3) is 5.56 Å². The summed E-state index contributed by atoms with van der Waals surface area (Å²) in [6, 6.07) is 7.88. The van der Waals surface area contributed by atoms with Crippen LogP contribution in [0.25, 0.3) is 10.2 Å². The fraction of sp³-hybridized carbons (Fsp3) is 0.294. The molecule has 0 atom stereocenters. The van der Waals surface area contributed by atoms with E-state index in [4.69, 9.17) is 11.6 Å². The summed E-state index contributed by atoms with van der Waals surface area (Å²) in [5.41, 5.74) is 1.02. The van der Waals surface area contributed by atoms with Gasteiger partial charge in [0.1, 0.15) is 10.7 Å². The second-order valence-corrected chi connectivity index (χ2v) is 9.24. The number of rotatable bonds is 6. The lowest BCUT2D eigenvalue weighted by Crippen LogP contribution is -2.11. The molecule has 0 fully saturated rings. The van der Waals surface area contributed by atoms with Gasteiger partial charge in [-0.3, -0.25) is 4.79 Å². The Morgan fingerprint density at radius 3 is 2.71 bits per heavy atom. The van der Waals surface area contributed by atoms with E-state index in [0.717, 1.165) is 48.8 Å². The van der Waals surface area contributed by atoms with Gasteiger partial charge in [0.15, 0.2) is 0 Å². The van der Waals surface area contributed by atoms with Crippen LogP contribution in [0.3, 0.4) is 0 Å². The molecule has 7 heteroatoms. The molecule has 3 aromatic rings. The molecule has 0 saturated heterocycles. The fourth-order valence-corrected chi connectivity index (χ4v) is 5.30. The van der Waals surface area contributed by atoms with E-state index < -0.39 is 0 Å². The Labute approximate surface area is 158 Å². The number of aromatic nitrogens is 2. The standard InChI is InChI=1S/C17H17ClN2OS3/c1-10-11(2)24-17-15(10)16(21)19-14(20-17)9-22-7-8-23-13-5-3-12(18)4-6-13/h3-6H,7-9H2,1-2H3,(H,19,20,21). The molecule has 2 aromatic heterocycles. The van der Waals surface area contributed by atoms with E-state index in [1.54, 1.807) is 34.9 Å². The van der Waals surface area contributed by atoms with Crippen molar-refractivity contribution in [2.24, 2.45) is 0 Å². The van der Waals surface area contributed by atoms with E-state index in [1.807, 2.05) is 38.1 Å². The summed E-state index contributed by atoms with van der Waals surface area (Å²) in [7, 11) is 0. The first-order valence-corrected chi connectivity index (χ1v) is 10.8.